The molecule has 1 saturated heterocycles. The summed E-state index contributed by atoms with van der Waals surface area (Å²) in [5.74, 6) is -3.94. The van der Waals surface area contributed by atoms with E-state index in [2.05, 4.69) is 4.98 Å². The monoisotopic (exact) mass is 455 g/mol. The highest BCUT2D eigenvalue weighted by Crippen LogP contribution is 2.59. The van der Waals surface area contributed by atoms with E-state index in [4.69, 9.17) is 15.6 Å². The molecular formula is C17H25F3N3O6P. The summed E-state index contributed by atoms with van der Waals surface area (Å²) in [6.07, 6.45) is -0.340. The van der Waals surface area contributed by atoms with Gasteiger partial charge in [-0.25, -0.2) is 4.79 Å². The molecule has 1 aromatic rings. The molecule has 2 atom stereocenters. The fourth-order valence-electron chi connectivity index (χ4n) is 3.07. The van der Waals surface area contributed by atoms with Crippen molar-refractivity contribution in [2.75, 3.05) is 25.8 Å². The number of aliphatic carboxylic acids is 2. The van der Waals surface area contributed by atoms with Gasteiger partial charge in [0.2, 0.25) is 7.37 Å². The first-order chi connectivity index (χ1) is 13.9. The van der Waals surface area contributed by atoms with Crippen molar-refractivity contribution in [3.8, 4) is 0 Å². The number of carboxylic acids is 2. The fourth-order valence-corrected chi connectivity index (χ4v) is 5.28. The first kappa shape index (κ1) is 26.0. The second kappa shape index (κ2) is 10.9. The SMILES string of the molecule is NCCCCC1(C(=O)O)CN(Cc2ccncc2)CCP1(=O)O.O=C(O)C(F)(F)F. The molecule has 13 heteroatoms. The minimum Gasteiger partial charge on any atom is -0.480 e. The molecule has 0 aromatic carbocycles. The predicted octanol–water partition coefficient (Wildman–Crippen LogP) is 1.75. The van der Waals surface area contributed by atoms with Crippen molar-refractivity contribution in [1.82, 2.24) is 9.88 Å². The molecule has 170 valence electrons. The van der Waals surface area contributed by atoms with Gasteiger partial charge in [0, 0.05) is 38.2 Å². The van der Waals surface area contributed by atoms with Crippen molar-refractivity contribution in [2.24, 2.45) is 5.73 Å². The number of halogens is 3. The minimum absolute atomic E-state index is 0.00695. The molecule has 0 amide bonds. The number of alkyl halides is 3. The number of nitrogens with two attached hydrogens (primary N) is 1. The number of hydrogen-bond acceptors (Lipinski definition) is 6. The zero-order valence-electron chi connectivity index (χ0n) is 16.1. The zero-order chi connectivity index (χ0) is 23.0. The molecule has 1 fully saturated rings. The van der Waals surface area contributed by atoms with E-state index in [0.717, 1.165) is 5.56 Å². The molecule has 2 heterocycles. The van der Waals surface area contributed by atoms with Crippen LogP contribution < -0.4 is 5.73 Å². The Kier molecular flexibility index (Phi) is 9.41. The number of pyridine rings is 1. The van der Waals surface area contributed by atoms with Gasteiger partial charge in [0.25, 0.3) is 0 Å². The lowest BCUT2D eigenvalue weighted by Crippen LogP contribution is -2.53. The molecule has 2 rings (SSSR count). The van der Waals surface area contributed by atoms with E-state index >= 15 is 0 Å². The van der Waals surface area contributed by atoms with Gasteiger partial charge in [0.15, 0.2) is 5.16 Å². The van der Waals surface area contributed by atoms with Gasteiger partial charge in [0.05, 0.1) is 0 Å². The lowest BCUT2D eigenvalue weighted by Gasteiger charge is -2.43. The summed E-state index contributed by atoms with van der Waals surface area (Å²) < 4.78 is 44.4. The molecule has 2 unspecified atom stereocenters. The summed E-state index contributed by atoms with van der Waals surface area (Å²) >= 11 is 0. The standard InChI is InChI=1S/C15H24N3O4P.C2HF3O2/c16-6-2-1-5-15(14(19)20)12-18(9-10-23(15,21)22)11-13-3-7-17-8-4-13;3-2(4,5)1(6)7/h3-4,7-8H,1-2,5-6,9-12,16H2,(H,19,20)(H,21,22);(H,6,7). The highest BCUT2D eigenvalue weighted by Gasteiger charge is 2.56. The number of unbranched alkanes of at least 4 members (excludes halogenated alkanes) is 1. The molecule has 0 saturated carbocycles. The average molecular weight is 455 g/mol. The first-order valence-electron chi connectivity index (χ1n) is 9.02. The fraction of sp³-hybridized carbons (Fsp3) is 0.588. The Morgan fingerprint density at radius 3 is 2.27 bits per heavy atom. The molecule has 5 N–H and O–H groups in total. The largest absolute Gasteiger partial charge is 0.490 e. The Balaban J connectivity index is 0.000000553. The number of aromatic nitrogens is 1. The van der Waals surface area contributed by atoms with Gasteiger partial charge < -0.3 is 20.8 Å². The second-order valence-electron chi connectivity index (χ2n) is 6.88. The summed E-state index contributed by atoms with van der Waals surface area (Å²) in [5.41, 5.74) is 6.48. The van der Waals surface area contributed by atoms with E-state index in [1.54, 1.807) is 12.4 Å². The Labute approximate surface area is 171 Å². The predicted molar refractivity (Wildman–Crippen MR) is 101 cm³/mol. The maximum atomic E-state index is 12.6. The lowest BCUT2D eigenvalue weighted by atomic mass is 9.99. The molecule has 1 aliphatic heterocycles. The van der Waals surface area contributed by atoms with Crippen LogP contribution in [-0.2, 0) is 20.7 Å². The van der Waals surface area contributed by atoms with E-state index < -0.39 is 30.6 Å². The van der Waals surface area contributed by atoms with Crippen LogP contribution in [-0.4, -0.2) is 74.1 Å². The average Bonchev–Trinajstić information content (AvgIpc) is 2.65. The topological polar surface area (TPSA) is 154 Å². The van der Waals surface area contributed by atoms with Gasteiger partial charge in [0.1, 0.15) is 0 Å². The van der Waals surface area contributed by atoms with Crippen molar-refractivity contribution in [1.29, 1.82) is 0 Å². The summed E-state index contributed by atoms with van der Waals surface area (Å²) in [4.78, 5) is 37.0. The van der Waals surface area contributed by atoms with E-state index in [9.17, 15) is 32.5 Å². The van der Waals surface area contributed by atoms with Crippen molar-refractivity contribution in [3.05, 3.63) is 30.1 Å². The first-order valence-corrected chi connectivity index (χ1v) is 10.9. The van der Waals surface area contributed by atoms with Crippen molar-refractivity contribution in [3.63, 3.8) is 0 Å². The third-order valence-electron chi connectivity index (χ3n) is 4.71. The molecule has 1 aromatic heterocycles. The molecule has 0 bridgehead atoms. The molecular weight excluding hydrogens is 430 g/mol. The van der Waals surface area contributed by atoms with E-state index in [0.29, 0.717) is 32.5 Å². The van der Waals surface area contributed by atoms with Crippen LogP contribution in [0.5, 0.6) is 0 Å². The maximum absolute atomic E-state index is 12.6. The van der Waals surface area contributed by atoms with Crippen LogP contribution in [0.2, 0.25) is 0 Å². The third kappa shape index (κ3) is 7.05. The molecule has 30 heavy (non-hydrogen) atoms. The summed E-state index contributed by atoms with van der Waals surface area (Å²) in [7, 11) is -3.76. The number of hydrogen-bond donors (Lipinski definition) is 4. The van der Waals surface area contributed by atoms with Crippen LogP contribution in [0.4, 0.5) is 13.2 Å². The quantitative estimate of drug-likeness (QED) is 0.356. The maximum Gasteiger partial charge on any atom is 0.490 e. The number of rotatable bonds is 7. The number of nitrogens with zero attached hydrogens (tertiary/aromatic N) is 2. The van der Waals surface area contributed by atoms with Crippen LogP contribution in [0.1, 0.15) is 24.8 Å². The van der Waals surface area contributed by atoms with Crippen LogP contribution in [0.3, 0.4) is 0 Å². The highest BCUT2D eigenvalue weighted by atomic mass is 31.2. The second-order valence-corrected chi connectivity index (χ2v) is 9.58. The van der Waals surface area contributed by atoms with Gasteiger partial charge in [-0.05, 0) is 37.1 Å². The highest BCUT2D eigenvalue weighted by molar-refractivity contribution is 7.61. The van der Waals surface area contributed by atoms with E-state index in [-0.39, 0.29) is 19.1 Å². The van der Waals surface area contributed by atoms with Gasteiger partial charge in [-0.3, -0.25) is 19.2 Å². The van der Waals surface area contributed by atoms with Crippen molar-refractivity contribution in [2.45, 2.75) is 37.1 Å². The Hall–Kier alpha value is -2.01. The van der Waals surface area contributed by atoms with Crippen LogP contribution >= 0.6 is 7.37 Å². The summed E-state index contributed by atoms with van der Waals surface area (Å²) in [6.45, 7) is 1.51. The van der Waals surface area contributed by atoms with E-state index in [1.807, 2.05) is 17.0 Å². The van der Waals surface area contributed by atoms with Gasteiger partial charge in [-0.2, -0.15) is 13.2 Å². The van der Waals surface area contributed by atoms with Gasteiger partial charge in [-0.15, -0.1) is 0 Å². The van der Waals surface area contributed by atoms with Crippen LogP contribution in [0.25, 0.3) is 0 Å². The number of carbonyl (C=O) groups is 2. The normalized spacial score (nSPS) is 24.6. The summed E-state index contributed by atoms with van der Waals surface area (Å²) in [5, 5.41) is 15.2. The smallest absolute Gasteiger partial charge is 0.480 e. The minimum atomic E-state index is -5.08. The number of carboxylic acid groups (broad SMARTS) is 2. The van der Waals surface area contributed by atoms with E-state index in [1.165, 1.54) is 0 Å². The molecule has 1 aliphatic rings. The Morgan fingerprint density at radius 1 is 1.23 bits per heavy atom. The van der Waals surface area contributed by atoms with Crippen LogP contribution in [0.15, 0.2) is 24.5 Å². The molecule has 0 spiro atoms. The molecule has 0 aliphatic carbocycles. The molecule has 9 nitrogen and oxygen atoms in total. The van der Waals surface area contributed by atoms with Gasteiger partial charge >= 0.3 is 18.1 Å². The lowest BCUT2D eigenvalue weighted by molar-refractivity contribution is -0.192. The van der Waals surface area contributed by atoms with Crippen molar-refractivity contribution >= 4 is 19.3 Å². The van der Waals surface area contributed by atoms with Gasteiger partial charge in [-0.1, -0.05) is 6.42 Å². The molecule has 0 radical (unpaired) electrons. The Morgan fingerprint density at radius 2 is 1.80 bits per heavy atom. The Bertz CT molecular complexity index is 765. The zero-order valence-corrected chi connectivity index (χ0v) is 17.0. The third-order valence-corrected chi connectivity index (χ3v) is 7.41. The summed E-state index contributed by atoms with van der Waals surface area (Å²) in [6, 6.07) is 3.73. The van der Waals surface area contributed by atoms with Crippen LogP contribution in [0, 0.1) is 0 Å². The van der Waals surface area contributed by atoms with Crippen molar-refractivity contribution < 1.29 is 42.4 Å².